The van der Waals surface area contributed by atoms with Gasteiger partial charge in [0.2, 0.25) is 0 Å². The summed E-state index contributed by atoms with van der Waals surface area (Å²) in [5.41, 5.74) is 1.27. The standard InChI is InChI=1S/C14H20BrNO/c1-11-5-7-16(8-6-11)10-12-9-13(15)3-4-14(12)17-2/h3-4,9,11H,5-8,10H2,1-2H3. The van der Waals surface area contributed by atoms with Crippen LogP contribution in [0.3, 0.4) is 0 Å². The number of methoxy groups -OCH3 is 1. The molecule has 0 spiro atoms. The average molecular weight is 298 g/mol. The molecule has 0 atom stereocenters. The van der Waals surface area contributed by atoms with Crippen molar-refractivity contribution in [1.82, 2.24) is 4.90 Å². The van der Waals surface area contributed by atoms with Gasteiger partial charge in [-0.25, -0.2) is 0 Å². The molecule has 1 fully saturated rings. The zero-order chi connectivity index (χ0) is 12.3. The maximum atomic E-state index is 5.42. The molecule has 0 bridgehead atoms. The molecule has 0 aliphatic carbocycles. The van der Waals surface area contributed by atoms with Crippen LogP contribution >= 0.6 is 15.9 Å². The number of nitrogens with zero attached hydrogens (tertiary/aromatic N) is 1. The van der Waals surface area contributed by atoms with Crippen molar-refractivity contribution in [3.8, 4) is 5.75 Å². The van der Waals surface area contributed by atoms with Crippen molar-refractivity contribution in [3.63, 3.8) is 0 Å². The number of hydrogen-bond acceptors (Lipinski definition) is 2. The third-order valence-corrected chi connectivity index (χ3v) is 4.01. The lowest BCUT2D eigenvalue weighted by Crippen LogP contribution is -2.32. The number of likely N-dealkylation sites (tertiary alicyclic amines) is 1. The Morgan fingerprint density at radius 2 is 2.06 bits per heavy atom. The highest BCUT2D eigenvalue weighted by molar-refractivity contribution is 9.10. The monoisotopic (exact) mass is 297 g/mol. The zero-order valence-corrected chi connectivity index (χ0v) is 12.2. The van der Waals surface area contributed by atoms with Crippen molar-refractivity contribution in [1.29, 1.82) is 0 Å². The maximum Gasteiger partial charge on any atom is 0.123 e. The van der Waals surface area contributed by atoms with Crippen LogP contribution < -0.4 is 4.74 Å². The Kier molecular flexibility index (Phi) is 4.46. The van der Waals surface area contributed by atoms with Crippen LogP contribution in [0.25, 0.3) is 0 Å². The summed E-state index contributed by atoms with van der Waals surface area (Å²) >= 11 is 3.53. The third-order valence-electron chi connectivity index (χ3n) is 3.51. The lowest BCUT2D eigenvalue weighted by Gasteiger charge is -2.30. The molecular weight excluding hydrogens is 278 g/mol. The van der Waals surface area contributed by atoms with Crippen LogP contribution in [0.5, 0.6) is 5.75 Å². The number of halogens is 1. The van der Waals surface area contributed by atoms with Gasteiger partial charge in [0, 0.05) is 16.6 Å². The lowest BCUT2D eigenvalue weighted by molar-refractivity contribution is 0.183. The highest BCUT2D eigenvalue weighted by Crippen LogP contribution is 2.26. The number of ether oxygens (including phenoxy) is 1. The predicted molar refractivity (Wildman–Crippen MR) is 74.4 cm³/mol. The summed E-state index contributed by atoms with van der Waals surface area (Å²) in [6.45, 7) is 5.75. The van der Waals surface area contributed by atoms with E-state index in [2.05, 4.69) is 33.8 Å². The molecule has 17 heavy (non-hydrogen) atoms. The van der Waals surface area contributed by atoms with Crippen LogP contribution in [-0.4, -0.2) is 25.1 Å². The molecule has 1 saturated heterocycles. The minimum Gasteiger partial charge on any atom is -0.496 e. The topological polar surface area (TPSA) is 12.5 Å². The van der Waals surface area contributed by atoms with Crippen molar-refractivity contribution in [3.05, 3.63) is 28.2 Å². The molecule has 1 aromatic rings. The zero-order valence-electron chi connectivity index (χ0n) is 10.6. The highest BCUT2D eigenvalue weighted by Gasteiger charge is 2.17. The van der Waals surface area contributed by atoms with E-state index < -0.39 is 0 Å². The largest absolute Gasteiger partial charge is 0.496 e. The van der Waals surface area contributed by atoms with Gasteiger partial charge in [0.1, 0.15) is 5.75 Å². The van der Waals surface area contributed by atoms with Gasteiger partial charge in [-0.15, -0.1) is 0 Å². The van der Waals surface area contributed by atoms with Crippen molar-refractivity contribution >= 4 is 15.9 Å². The number of piperidine rings is 1. The summed E-state index contributed by atoms with van der Waals surface area (Å²) in [5, 5.41) is 0. The van der Waals surface area contributed by atoms with E-state index in [4.69, 9.17) is 4.74 Å². The third kappa shape index (κ3) is 3.46. The first-order chi connectivity index (χ1) is 8.19. The summed E-state index contributed by atoms with van der Waals surface area (Å²) in [5.74, 6) is 1.88. The average Bonchev–Trinajstić information content (AvgIpc) is 2.32. The predicted octanol–water partition coefficient (Wildman–Crippen LogP) is 3.69. The van der Waals surface area contributed by atoms with Gasteiger partial charge < -0.3 is 4.74 Å². The molecule has 1 aliphatic heterocycles. The summed E-state index contributed by atoms with van der Waals surface area (Å²) in [6.07, 6.45) is 2.63. The molecule has 94 valence electrons. The lowest BCUT2D eigenvalue weighted by atomic mass is 9.99. The van der Waals surface area contributed by atoms with E-state index in [1.54, 1.807) is 7.11 Å². The molecule has 0 N–H and O–H groups in total. The van der Waals surface area contributed by atoms with Crippen LogP contribution in [0, 0.1) is 5.92 Å². The van der Waals surface area contributed by atoms with Gasteiger partial charge in [-0.1, -0.05) is 22.9 Å². The minimum absolute atomic E-state index is 0.885. The normalized spacial score (nSPS) is 18.3. The van der Waals surface area contributed by atoms with Gasteiger partial charge in [0.05, 0.1) is 7.11 Å². The summed E-state index contributed by atoms with van der Waals surface area (Å²) < 4.78 is 6.54. The SMILES string of the molecule is COc1ccc(Br)cc1CN1CCC(C)CC1. The van der Waals surface area contributed by atoms with Gasteiger partial charge in [0.25, 0.3) is 0 Å². The molecular formula is C14H20BrNO. The van der Waals surface area contributed by atoms with Crippen LogP contribution in [0.4, 0.5) is 0 Å². The Balaban J connectivity index is 2.04. The van der Waals surface area contributed by atoms with E-state index in [1.165, 1.54) is 31.5 Å². The highest BCUT2D eigenvalue weighted by atomic mass is 79.9. The molecule has 3 heteroatoms. The minimum atomic E-state index is 0.885. The molecule has 0 aromatic heterocycles. The second-order valence-electron chi connectivity index (χ2n) is 4.91. The summed E-state index contributed by atoms with van der Waals surface area (Å²) in [6, 6.07) is 6.23. The Bertz CT molecular complexity index is 372. The van der Waals surface area contributed by atoms with Crippen LogP contribution in [0.15, 0.2) is 22.7 Å². The summed E-state index contributed by atoms with van der Waals surface area (Å²) in [7, 11) is 1.74. The van der Waals surface area contributed by atoms with Crippen LogP contribution in [-0.2, 0) is 6.54 Å². The Hall–Kier alpha value is -0.540. The van der Waals surface area contributed by atoms with Gasteiger partial charge in [-0.3, -0.25) is 4.90 Å². The number of rotatable bonds is 3. The van der Waals surface area contributed by atoms with E-state index in [-0.39, 0.29) is 0 Å². The van der Waals surface area contributed by atoms with Crippen molar-refractivity contribution < 1.29 is 4.74 Å². The first-order valence-corrected chi connectivity index (χ1v) is 7.03. The molecule has 1 heterocycles. The smallest absolute Gasteiger partial charge is 0.123 e. The molecule has 1 aliphatic rings. The molecule has 2 rings (SSSR count). The van der Waals surface area contributed by atoms with Gasteiger partial charge in [0.15, 0.2) is 0 Å². The van der Waals surface area contributed by atoms with Crippen molar-refractivity contribution in [2.45, 2.75) is 26.3 Å². The van der Waals surface area contributed by atoms with Crippen molar-refractivity contribution in [2.24, 2.45) is 5.92 Å². The first kappa shape index (κ1) is 12.9. The van der Waals surface area contributed by atoms with Crippen LogP contribution in [0.1, 0.15) is 25.3 Å². The maximum absolute atomic E-state index is 5.42. The molecule has 2 nitrogen and oxygen atoms in total. The van der Waals surface area contributed by atoms with Crippen LogP contribution in [0.2, 0.25) is 0 Å². The van der Waals surface area contributed by atoms with Gasteiger partial charge in [-0.2, -0.15) is 0 Å². The quantitative estimate of drug-likeness (QED) is 0.844. The van der Waals surface area contributed by atoms with E-state index in [0.29, 0.717) is 0 Å². The Labute approximate surface area is 112 Å². The van der Waals surface area contributed by atoms with E-state index in [0.717, 1.165) is 22.7 Å². The fraction of sp³-hybridized carbons (Fsp3) is 0.571. The molecule has 0 saturated carbocycles. The van der Waals surface area contributed by atoms with Crippen molar-refractivity contribution in [2.75, 3.05) is 20.2 Å². The molecule has 1 aromatic carbocycles. The first-order valence-electron chi connectivity index (χ1n) is 6.24. The fourth-order valence-corrected chi connectivity index (χ4v) is 2.74. The second-order valence-corrected chi connectivity index (χ2v) is 5.83. The van der Waals surface area contributed by atoms with E-state index >= 15 is 0 Å². The molecule has 0 radical (unpaired) electrons. The Morgan fingerprint density at radius 3 is 2.71 bits per heavy atom. The number of benzene rings is 1. The number of hydrogen-bond donors (Lipinski definition) is 0. The van der Waals surface area contributed by atoms with Gasteiger partial charge in [-0.05, 0) is 50.0 Å². The fourth-order valence-electron chi connectivity index (χ4n) is 2.33. The summed E-state index contributed by atoms with van der Waals surface area (Å²) in [4.78, 5) is 2.52. The van der Waals surface area contributed by atoms with E-state index in [1.807, 2.05) is 12.1 Å². The van der Waals surface area contributed by atoms with Gasteiger partial charge >= 0.3 is 0 Å². The van der Waals surface area contributed by atoms with E-state index in [9.17, 15) is 0 Å². The molecule has 0 amide bonds. The second kappa shape index (κ2) is 5.87. The Morgan fingerprint density at radius 1 is 1.35 bits per heavy atom. The molecule has 0 unspecified atom stereocenters.